The van der Waals surface area contributed by atoms with Gasteiger partial charge in [-0.25, -0.2) is 0 Å². The summed E-state index contributed by atoms with van der Waals surface area (Å²) in [6.45, 7) is 4.44. The van der Waals surface area contributed by atoms with Crippen LogP contribution in [0.1, 0.15) is 95.1 Å². The van der Waals surface area contributed by atoms with Crippen LogP contribution < -0.4 is 5.46 Å². The van der Waals surface area contributed by atoms with E-state index < -0.39 is 14.2 Å². The fourth-order valence-electron chi connectivity index (χ4n) is 5.77. The molecule has 0 aromatic heterocycles. The molecule has 2 aliphatic rings. The third-order valence-corrected chi connectivity index (χ3v) is 7.42. The minimum Gasteiger partial charge on any atom is -0.423 e. The number of benzene rings is 1. The molecule has 4 N–H and O–H groups in total. The van der Waals surface area contributed by atoms with Gasteiger partial charge in [-0.3, -0.25) is 0 Å². The molecule has 0 amide bonds. The molecule has 1 aromatic carbocycles. The van der Waals surface area contributed by atoms with Crippen LogP contribution in [0, 0.1) is 5.92 Å². The van der Waals surface area contributed by atoms with Gasteiger partial charge >= 0.3 is 14.2 Å². The zero-order valence-electron chi connectivity index (χ0n) is 19.1. The van der Waals surface area contributed by atoms with E-state index in [-0.39, 0.29) is 17.3 Å². The highest BCUT2D eigenvalue weighted by Gasteiger charge is 2.50. The summed E-state index contributed by atoms with van der Waals surface area (Å²) < 4.78 is 0. The summed E-state index contributed by atoms with van der Waals surface area (Å²) in [5.41, 5.74) is 3.48. The van der Waals surface area contributed by atoms with E-state index in [1.165, 1.54) is 49.7 Å². The molecule has 0 aliphatic heterocycles. The number of rotatable bonds is 12. The molecular weight excluding hydrogens is 386 g/mol. The van der Waals surface area contributed by atoms with Crippen molar-refractivity contribution in [1.82, 2.24) is 0 Å². The van der Waals surface area contributed by atoms with Gasteiger partial charge in [-0.2, -0.15) is 0 Å². The molecule has 31 heavy (non-hydrogen) atoms. The molecule has 0 fully saturated rings. The lowest BCUT2D eigenvalue weighted by atomic mass is 9.62. The van der Waals surface area contributed by atoms with Crippen LogP contribution >= 0.6 is 0 Å². The molecule has 4 nitrogen and oxygen atoms in total. The first-order valence-electron chi connectivity index (χ1n) is 12.2. The van der Waals surface area contributed by atoms with Crippen molar-refractivity contribution in [3.63, 3.8) is 0 Å². The Labute approximate surface area is 188 Å². The second-order valence-corrected chi connectivity index (χ2v) is 9.45. The minimum atomic E-state index is -1.48. The van der Waals surface area contributed by atoms with Crippen LogP contribution in [0.25, 0.3) is 0 Å². The van der Waals surface area contributed by atoms with E-state index in [1.54, 1.807) is 0 Å². The van der Waals surface area contributed by atoms with E-state index in [9.17, 15) is 20.1 Å². The fourth-order valence-corrected chi connectivity index (χ4v) is 5.77. The fraction of sp³-hybridized carbons (Fsp3) is 0.600. The van der Waals surface area contributed by atoms with Crippen molar-refractivity contribution < 1.29 is 20.1 Å². The monoisotopic (exact) mass is 424 g/mol. The van der Waals surface area contributed by atoms with Crippen LogP contribution in [0.5, 0.6) is 0 Å². The van der Waals surface area contributed by atoms with E-state index in [4.69, 9.17) is 0 Å². The Balaban J connectivity index is 2.05. The number of unbranched alkanes of at least 4 members (excludes halogenated alkanes) is 6. The first kappa shape index (κ1) is 24.3. The maximum Gasteiger partial charge on any atom is 0.488 e. The van der Waals surface area contributed by atoms with Crippen LogP contribution in [0.4, 0.5) is 0 Å². The standard InChI is InChI=1S/C25H38B2O4/c1-3-5-7-9-15-25(16-10-8-6-4-2)23-17-19(26(28)29)11-13-21(23)22-14-12-20(27(30)31)18-24(22)25/h11-14,17-18,21,23,28-31H,3-10,15-16H2,1-2H3. The Hall–Kier alpha value is -1.33. The topological polar surface area (TPSA) is 80.9 Å². The molecule has 2 unspecified atom stereocenters. The molecule has 168 valence electrons. The van der Waals surface area contributed by atoms with E-state index >= 15 is 0 Å². The van der Waals surface area contributed by atoms with E-state index in [2.05, 4.69) is 32.1 Å². The summed E-state index contributed by atoms with van der Waals surface area (Å²) in [5.74, 6) is 0.360. The van der Waals surface area contributed by atoms with Crippen LogP contribution in [0.2, 0.25) is 0 Å². The third kappa shape index (κ3) is 5.19. The molecule has 0 bridgehead atoms. The number of fused-ring (bicyclic) bond motifs is 3. The van der Waals surface area contributed by atoms with E-state index in [1.807, 2.05) is 18.2 Å². The molecular formula is C25H38B2O4. The van der Waals surface area contributed by atoms with Gasteiger partial charge in [0.2, 0.25) is 0 Å². The highest BCUT2D eigenvalue weighted by atomic mass is 16.4. The average Bonchev–Trinajstić information content (AvgIpc) is 3.03. The van der Waals surface area contributed by atoms with Crippen molar-refractivity contribution in [2.45, 2.75) is 89.4 Å². The summed E-state index contributed by atoms with van der Waals surface area (Å²) >= 11 is 0. The molecule has 0 spiro atoms. The lowest BCUT2D eigenvalue weighted by molar-refractivity contribution is 0.263. The van der Waals surface area contributed by atoms with E-state index in [0.29, 0.717) is 10.9 Å². The average molecular weight is 424 g/mol. The van der Waals surface area contributed by atoms with Gasteiger partial charge in [0, 0.05) is 11.3 Å². The molecule has 1 aromatic rings. The SMILES string of the molecule is CCCCCCC1(CCCCCC)c2cc(B(O)O)ccc2C2C=CC(B(O)O)=CC21. The van der Waals surface area contributed by atoms with Crippen LogP contribution in [0.3, 0.4) is 0 Å². The lowest BCUT2D eigenvalue weighted by Gasteiger charge is -2.39. The quantitative estimate of drug-likeness (QED) is 0.304. The maximum atomic E-state index is 9.86. The normalized spacial score (nSPS) is 20.9. The predicted octanol–water partition coefficient (Wildman–Crippen LogP) is 3.77. The minimum absolute atomic E-state index is 0.114. The van der Waals surface area contributed by atoms with Gasteiger partial charge in [0.05, 0.1) is 0 Å². The Bertz CT molecular complexity index is 776. The Morgan fingerprint density at radius 2 is 1.48 bits per heavy atom. The van der Waals surface area contributed by atoms with Gasteiger partial charge in [0.25, 0.3) is 0 Å². The molecule has 0 heterocycles. The zero-order valence-corrected chi connectivity index (χ0v) is 19.1. The predicted molar refractivity (Wildman–Crippen MR) is 129 cm³/mol. The van der Waals surface area contributed by atoms with Crippen LogP contribution in [-0.2, 0) is 5.41 Å². The first-order chi connectivity index (χ1) is 14.9. The van der Waals surface area contributed by atoms with Gasteiger partial charge in [-0.15, -0.1) is 0 Å². The highest BCUT2D eigenvalue weighted by molar-refractivity contribution is 6.58. The Morgan fingerprint density at radius 3 is 2.03 bits per heavy atom. The molecule has 6 heteroatoms. The molecule has 0 radical (unpaired) electrons. The lowest BCUT2D eigenvalue weighted by Crippen LogP contribution is -2.36. The number of allylic oxidation sites excluding steroid dienone is 4. The largest absolute Gasteiger partial charge is 0.488 e. The van der Waals surface area contributed by atoms with E-state index in [0.717, 1.165) is 25.7 Å². The van der Waals surface area contributed by atoms with Gasteiger partial charge in [-0.05, 0) is 40.8 Å². The first-order valence-corrected chi connectivity index (χ1v) is 12.2. The van der Waals surface area contributed by atoms with Crippen molar-refractivity contribution in [1.29, 1.82) is 0 Å². The summed E-state index contributed by atoms with van der Waals surface area (Å²) in [5, 5.41) is 39.4. The van der Waals surface area contributed by atoms with Crippen molar-refractivity contribution in [2.24, 2.45) is 5.92 Å². The second kappa shape index (κ2) is 11.0. The van der Waals surface area contributed by atoms with Gasteiger partial charge < -0.3 is 20.1 Å². The number of hydrogen-bond donors (Lipinski definition) is 4. The molecule has 2 aliphatic carbocycles. The molecule has 0 saturated carbocycles. The summed E-state index contributed by atoms with van der Waals surface area (Å²) in [6, 6.07) is 5.88. The van der Waals surface area contributed by atoms with Crippen molar-refractivity contribution in [3.05, 3.63) is 53.0 Å². The molecule has 2 atom stereocenters. The summed E-state index contributed by atoms with van der Waals surface area (Å²) in [7, 11) is -2.94. The van der Waals surface area contributed by atoms with Crippen LogP contribution in [-0.4, -0.2) is 34.3 Å². The van der Waals surface area contributed by atoms with Crippen molar-refractivity contribution in [3.8, 4) is 0 Å². The number of hydrogen-bond acceptors (Lipinski definition) is 4. The maximum absolute atomic E-state index is 9.86. The van der Waals surface area contributed by atoms with Gasteiger partial charge in [0.1, 0.15) is 0 Å². The van der Waals surface area contributed by atoms with Gasteiger partial charge in [0.15, 0.2) is 0 Å². The Kier molecular flexibility index (Phi) is 8.63. The zero-order chi connectivity index (χ0) is 22.4. The van der Waals surface area contributed by atoms with Crippen molar-refractivity contribution in [2.75, 3.05) is 0 Å². The summed E-state index contributed by atoms with van der Waals surface area (Å²) in [4.78, 5) is 0. The third-order valence-electron chi connectivity index (χ3n) is 7.42. The smallest absolute Gasteiger partial charge is 0.423 e. The van der Waals surface area contributed by atoms with Gasteiger partial charge in [-0.1, -0.05) is 102 Å². The van der Waals surface area contributed by atoms with Crippen molar-refractivity contribution >= 4 is 19.7 Å². The van der Waals surface area contributed by atoms with Crippen LogP contribution in [0.15, 0.2) is 41.9 Å². The highest BCUT2D eigenvalue weighted by Crippen LogP contribution is 2.58. The second-order valence-electron chi connectivity index (χ2n) is 9.45. The molecule has 3 rings (SSSR count). The summed E-state index contributed by atoms with van der Waals surface area (Å²) in [6.07, 6.45) is 17.6. The Morgan fingerprint density at radius 1 is 0.839 bits per heavy atom. The molecule has 0 saturated heterocycles.